The van der Waals surface area contributed by atoms with E-state index in [1.165, 1.54) is 0 Å². The number of aryl methyl sites for hydroxylation is 1. The summed E-state index contributed by atoms with van der Waals surface area (Å²) < 4.78 is 2.15. The molecule has 2 aromatic rings. The number of carbonyl (C=O) groups excluding carboxylic acids is 2. The van der Waals surface area contributed by atoms with E-state index in [-0.39, 0.29) is 18.4 Å². The molecule has 0 aliphatic heterocycles. The van der Waals surface area contributed by atoms with Gasteiger partial charge in [0.15, 0.2) is 0 Å². The molecule has 0 saturated heterocycles. The Balaban J connectivity index is 2.22. The minimum Gasteiger partial charge on any atom is -0.358 e. The Hall–Kier alpha value is -2.30. The van der Waals surface area contributed by atoms with Gasteiger partial charge in [-0.3, -0.25) is 9.59 Å². The Morgan fingerprint density at radius 3 is 2.59 bits per heavy atom. The number of nitrogens with zero attached hydrogens (tertiary/aromatic N) is 2. The zero-order valence-corrected chi connectivity index (χ0v) is 13.4. The summed E-state index contributed by atoms with van der Waals surface area (Å²) in [7, 11) is 1.58. The van der Waals surface area contributed by atoms with Gasteiger partial charge in [-0.05, 0) is 25.5 Å². The van der Waals surface area contributed by atoms with Gasteiger partial charge >= 0.3 is 0 Å². The minimum atomic E-state index is -0.147. The second-order valence-corrected chi connectivity index (χ2v) is 5.22. The highest BCUT2D eigenvalue weighted by Gasteiger charge is 2.17. The van der Waals surface area contributed by atoms with Gasteiger partial charge in [-0.15, -0.1) is 0 Å². The summed E-state index contributed by atoms with van der Waals surface area (Å²) in [6, 6.07) is 8.09. The van der Waals surface area contributed by atoms with Crippen LogP contribution in [0.2, 0.25) is 0 Å². The van der Waals surface area contributed by atoms with Crippen molar-refractivity contribution >= 4 is 22.7 Å². The first-order valence-corrected chi connectivity index (χ1v) is 7.65. The predicted octanol–water partition coefficient (Wildman–Crippen LogP) is 1.80. The minimum absolute atomic E-state index is 0.0230. The lowest BCUT2D eigenvalue weighted by Crippen LogP contribution is -2.40. The molecule has 0 spiro atoms. The van der Waals surface area contributed by atoms with Gasteiger partial charge in [0.05, 0.1) is 13.0 Å². The van der Waals surface area contributed by atoms with E-state index in [1.807, 2.05) is 31.3 Å². The first-order chi connectivity index (χ1) is 10.6. The first-order valence-electron chi connectivity index (χ1n) is 7.65. The zero-order valence-electron chi connectivity index (χ0n) is 13.4. The number of benzene rings is 1. The van der Waals surface area contributed by atoms with Gasteiger partial charge in [0, 0.05) is 37.2 Å². The maximum absolute atomic E-state index is 12.5. The van der Waals surface area contributed by atoms with Crippen LogP contribution in [0.25, 0.3) is 10.9 Å². The van der Waals surface area contributed by atoms with Gasteiger partial charge in [-0.1, -0.05) is 18.2 Å². The van der Waals surface area contributed by atoms with Crippen LogP contribution in [0.4, 0.5) is 0 Å². The van der Waals surface area contributed by atoms with Crippen molar-refractivity contribution in [3.8, 4) is 0 Å². The number of hydrogen-bond donors (Lipinski definition) is 1. The smallest absolute Gasteiger partial charge is 0.239 e. The van der Waals surface area contributed by atoms with Crippen molar-refractivity contribution < 1.29 is 9.59 Å². The monoisotopic (exact) mass is 301 g/mol. The molecule has 0 unspecified atom stereocenters. The lowest BCUT2D eigenvalue weighted by molar-refractivity contribution is -0.135. The molecule has 1 heterocycles. The predicted molar refractivity (Wildman–Crippen MR) is 87.6 cm³/mol. The van der Waals surface area contributed by atoms with E-state index in [0.717, 1.165) is 23.0 Å². The van der Waals surface area contributed by atoms with E-state index >= 15 is 0 Å². The van der Waals surface area contributed by atoms with Crippen LogP contribution in [-0.4, -0.2) is 41.4 Å². The number of amides is 2. The molecule has 0 bridgehead atoms. The maximum Gasteiger partial charge on any atom is 0.239 e. The number of hydrogen-bond acceptors (Lipinski definition) is 2. The van der Waals surface area contributed by atoms with E-state index < -0.39 is 0 Å². The van der Waals surface area contributed by atoms with Crippen LogP contribution in [0.3, 0.4) is 0 Å². The Morgan fingerprint density at radius 2 is 1.95 bits per heavy atom. The van der Waals surface area contributed by atoms with Gasteiger partial charge < -0.3 is 14.8 Å². The van der Waals surface area contributed by atoms with Gasteiger partial charge in [-0.25, -0.2) is 0 Å². The van der Waals surface area contributed by atoms with E-state index in [0.29, 0.717) is 13.0 Å². The van der Waals surface area contributed by atoms with Crippen LogP contribution in [-0.2, 0) is 22.6 Å². The zero-order chi connectivity index (χ0) is 16.1. The van der Waals surface area contributed by atoms with Crippen LogP contribution in [0.5, 0.6) is 0 Å². The fraction of sp³-hybridized carbons (Fsp3) is 0.412. The first kappa shape index (κ1) is 16.1. The Kier molecular flexibility index (Phi) is 5.20. The summed E-state index contributed by atoms with van der Waals surface area (Å²) in [4.78, 5) is 25.5. The van der Waals surface area contributed by atoms with Crippen LogP contribution < -0.4 is 5.32 Å². The molecule has 5 nitrogen and oxygen atoms in total. The quantitative estimate of drug-likeness (QED) is 0.884. The normalized spacial score (nSPS) is 10.7. The largest absolute Gasteiger partial charge is 0.358 e. The maximum atomic E-state index is 12.5. The molecule has 1 aromatic heterocycles. The second kappa shape index (κ2) is 7.11. The number of fused-ring (bicyclic) bond motifs is 1. The van der Waals surface area contributed by atoms with Crippen LogP contribution >= 0.6 is 0 Å². The molecular formula is C17H23N3O2. The molecule has 5 heteroatoms. The molecule has 0 aliphatic carbocycles. The molecule has 0 atom stereocenters. The SMILES string of the molecule is CCN(CC(=O)NC)C(=O)Cc1cn(CC)c2ccccc12. The van der Waals surface area contributed by atoms with Crippen molar-refractivity contribution in [3.63, 3.8) is 0 Å². The van der Waals surface area contributed by atoms with Crippen molar-refractivity contribution in [2.45, 2.75) is 26.8 Å². The fourth-order valence-electron chi connectivity index (χ4n) is 2.63. The second-order valence-electron chi connectivity index (χ2n) is 5.22. The number of likely N-dealkylation sites (N-methyl/N-ethyl adjacent to an activating group) is 2. The third-order valence-corrected chi connectivity index (χ3v) is 3.90. The lowest BCUT2D eigenvalue weighted by Gasteiger charge is -2.19. The Labute approximate surface area is 130 Å². The molecule has 1 N–H and O–H groups in total. The standard InChI is InChI=1S/C17H23N3O2/c1-4-19-11-13(14-8-6-7-9-15(14)19)10-17(22)20(5-2)12-16(21)18-3/h6-9,11H,4-5,10,12H2,1-3H3,(H,18,21). The number of rotatable bonds is 6. The van der Waals surface area contributed by atoms with Crippen molar-refractivity contribution in [2.24, 2.45) is 0 Å². The summed E-state index contributed by atoms with van der Waals surface area (Å²) in [6.07, 6.45) is 2.36. The van der Waals surface area contributed by atoms with Gasteiger partial charge in [-0.2, -0.15) is 0 Å². The molecule has 2 rings (SSSR count). The molecular weight excluding hydrogens is 278 g/mol. The Morgan fingerprint density at radius 1 is 1.23 bits per heavy atom. The van der Waals surface area contributed by atoms with Crippen molar-refractivity contribution in [1.29, 1.82) is 0 Å². The summed E-state index contributed by atoms with van der Waals surface area (Å²) in [5.74, 6) is -0.170. The highest BCUT2D eigenvalue weighted by molar-refractivity contribution is 5.91. The number of nitrogens with one attached hydrogen (secondary N) is 1. The highest BCUT2D eigenvalue weighted by atomic mass is 16.2. The number of para-hydroxylation sites is 1. The number of aromatic nitrogens is 1. The van der Waals surface area contributed by atoms with E-state index in [2.05, 4.69) is 22.9 Å². The van der Waals surface area contributed by atoms with Gasteiger partial charge in [0.1, 0.15) is 0 Å². The average Bonchev–Trinajstić information content (AvgIpc) is 2.90. The van der Waals surface area contributed by atoms with Gasteiger partial charge in [0.2, 0.25) is 11.8 Å². The fourth-order valence-corrected chi connectivity index (χ4v) is 2.63. The van der Waals surface area contributed by atoms with Crippen molar-refractivity contribution in [2.75, 3.05) is 20.1 Å². The van der Waals surface area contributed by atoms with Crippen LogP contribution in [0.1, 0.15) is 19.4 Å². The summed E-state index contributed by atoms with van der Waals surface area (Å²) in [6.45, 7) is 5.47. The van der Waals surface area contributed by atoms with Crippen LogP contribution in [0.15, 0.2) is 30.5 Å². The van der Waals surface area contributed by atoms with Gasteiger partial charge in [0.25, 0.3) is 0 Å². The van der Waals surface area contributed by atoms with Crippen molar-refractivity contribution in [3.05, 3.63) is 36.0 Å². The average molecular weight is 301 g/mol. The summed E-state index contributed by atoms with van der Waals surface area (Å²) in [5.41, 5.74) is 2.15. The third-order valence-electron chi connectivity index (χ3n) is 3.90. The molecule has 118 valence electrons. The summed E-state index contributed by atoms with van der Waals surface area (Å²) >= 11 is 0. The molecule has 0 radical (unpaired) electrons. The van der Waals surface area contributed by atoms with Crippen LogP contribution in [0, 0.1) is 0 Å². The third kappa shape index (κ3) is 3.30. The number of carbonyl (C=O) groups is 2. The molecule has 1 aromatic carbocycles. The van der Waals surface area contributed by atoms with Crippen molar-refractivity contribution in [1.82, 2.24) is 14.8 Å². The van der Waals surface area contributed by atoms with E-state index in [4.69, 9.17) is 0 Å². The highest BCUT2D eigenvalue weighted by Crippen LogP contribution is 2.22. The van der Waals surface area contributed by atoms with E-state index in [9.17, 15) is 9.59 Å². The molecule has 22 heavy (non-hydrogen) atoms. The Bertz CT molecular complexity index is 676. The molecule has 2 amide bonds. The topological polar surface area (TPSA) is 54.3 Å². The molecule has 0 aliphatic rings. The van der Waals surface area contributed by atoms with E-state index in [1.54, 1.807) is 11.9 Å². The summed E-state index contributed by atoms with van der Waals surface area (Å²) in [5, 5.41) is 3.66. The lowest BCUT2D eigenvalue weighted by atomic mass is 10.1. The molecule has 0 saturated carbocycles. The molecule has 0 fully saturated rings.